The van der Waals surface area contributed by atoms with Crippen LogP contribution in [0.4, 0.5) is 8.78 Å². The first-order chi connectivity index (χ1) is 8.95. The lowest BCUT2D eigenvalue weighted by atomic mass is 10.00. The molecule has 2 rings (SSSR count). The van der Waals surface area contributed by atoms with Gasteiger partial charge < -0.3 is 5.11 Å². The van der Waals surface area contributed by atoms with E-state index in [0.29, 0.717) is 16.5 Å². The third kappa shape index (κ3) is 3.61. The van der Waals surface area contributed by atoms with Crippen LogP contribution in [0.15, 0.2) is 40.9 Å². The zero-order chi connectivity index (χ0) is 14.0. The Morgan fingerprint density at radius 3 is 2.53 bits per heavy atom. The van der Waals surface area contributed by atoms with E-state index in [-0.39, 0.29) is 11.6 Å². The van der Waals surface area contributed by atoms with Crippen LogP contribution in [0.2, 0.25) is 0 Å². The predicted octanol–water partition coefficient (Wildman–Crippen LogP) is 4.31. The van der Waals surface area contributed by atoms with Crippen molar-refractivity contribution in [3.63, 3.8) is 0 Å². The minimum absolute atomic E-state index is 0.307. The molecule has 4 heteroatoms. The van der Waals surface area contributed by atoms with E-state index in [1.165, 1.54) is 18.2 Å². The molecule has 0 saturated carbocycles. The van der Waals surface area contributed by atoms with Crippen molar-refractivity contribution in [2.45, 2.75) is 19.4 Å². The highest BCUT2D eigenvalue weighted by Gasteiger charge is 2.11. The van der Waals surface area contributed by atoms with E-state index in [0.717, 1.165) is 11.1 Å². The topological polar surface area (TPSA) is 20.2 Å². The fraction of sp³-hybridized carbons (Fsp3) is 0.200. The SMILES string of the molecule is Cc1cc(F)cc(C(O)Cc2ccc(F)c(Br)c2)c1. The first-order valence-electron chi connectivity index (χ1n) is 5.85. The average Bonchev–Trinajstić information content (AvgIpc) is 2.32. The molecule has 2 aromatic rings. The number of benzene rings is 2. The molecule has 1 unspecified atom stereocenters. The number of aliphatic hydroxyl groups excluding tert-OH is 1. The lowest BCUT2D eigenvalue weighted by molar-refractivity contribution is 0.178. The Morgan fingerprint density at radius 2 is 1.89 bits per heavy atom. The zero-order valence-electron chi connectivity index (χ0n) is 10.3. The highest BCUT2D eigenvalue weighted by Crippen LogP contribution is 2.23. The first-order valence-corrected chi connectivity index (χ1v) is 6.64. The molecule has 19 heavy (non-hydrogen) atoms. The minimum Gasteiger partial charge on any atom is -0.388 e. The van der Waals surface area contributed by atoms with E-state index in [2.05, 4.69) is 15.9 Å². The monoisotopic (exact) mass is 326 g/mol. The van der Waals surface area contributed by atoms with E-state index < -0.39 is 6.10 Å². The van der Waals surface area contributed by atoms with Gasteiger partial charge in [0, 0.05) is 6.42 Å². The largest absolute Gasteiger partial charge is 0.388 e. The molecule has 100 valence electrons. The van der Waals surface area contributed by atoms with Gasteiger partial charge in [-0.3, -0.25) is 0 Å². The van der Waals surface area contributed by atoms with Gasteiger partial charge in [-0.25, -0.2) is 8.78 Å². The van der Waals surface area contributed by atoms with E-state index in [1.807, 2.05) is 0 Å². The normalized spacial score (nSPS) is 12.5. The Kier molecular flexibility index (Phi) is 4.32. The molecule has 1 nitrogen and oxygen atoms in total. The Hall–Kier alpha value is -1.26. The van der Waals surface area contributed by atoms with E-state index in [1.54, 1.807) is 25.1 Å². The smallest absolute Gasteiger partial charge is 0.137 e. The van der Waals surface area contributed by atoms with Crippen molar-refractivity contribution in [1.82, 2.24) is 0 Å². The molecule has 0 aliphatic heterocycles. The molecular formula is C15H13BrF2O. The van der Waals surface area contributed by atoms with Gasteiger partial charge in [-0.2, -0.15) is 0 Å². The summed E-state index contributed by atoms with van der Waals surface area (Å²) in [5, 5.41) is 10.1. The van der Waals surface area contributed by atoms with E-state index in [9.17, 15) is 13.9 Å². The molecule has 0 radical (unpaired) electrons. The second-order valence-electron chi connectivity index (χ2n) is 4.53. The maximum atomic E-state index is 13.3. The molecule has 2 aromatic carbocycles. The summed E-state index contributed by atoms with van der Waals surface area (Å²) >= 11 is 3.10. The first kappa shape index (κ1) is 14.2. The highest BCUT2D eigenvalue weighted by molar-refractivity contribution is 9.10. The number of halogens is 3. The second kappa shape index (κ2) is 5.80. The average molecular weight is 327 g/mol. The van der Waals surface area contributed by atoms with Crippen LogP contribution in [0, 0.1) is 18.6 Å². The van der Waals surface area contributed by atoms with Gasteiger partial charge in [0.25, 0.3) is 0 Å². The summed E-state index contributed by atoms with van der Waals surface area (Å²) in [4.78, 5) is 0. The quantitative estimate of drug-likeness (QED) is 0.891. The molecule has 0 aliphatic carbocycles. The van der Waals surface area contributed by atoms with Crippen molar-refractivity contribution in [2.24, 2.45) is 0 Å². The van der Waals surface area contributed by atoms with Crippen LogP contribution in [0.3, 0.4) is 0 Å². The van der Waals surface area contributed by atoms with Crippen LogP contribution in [0.25, 0.3) is 0 Å². The Morgan fingerprint density at radius 1 is 1.16 bits per heavy atom. The lowest BCUT2D eigenvalue weighted by Gasteiger charge is -2.12. The second-order valence-corrected chi connectivity index (χ2v) is 5.38. The predicted molar refractivity (Wildman–Crippen MR) is 73.9 cm³/mol. The van der Waals surface area contributed by atoms with Gasteiger partial charge in [0.15, 0.2) is 0 Å². The summed E-state index contributed by atoms with van der Waals surface area (Å²) in [6.07, 6.45) is -0.506. The standard InChI is InChI=1S/C15H13BrF2O/c1-9-4-11(8-12(17)5-9)15(19)7-10-2-3-14(18)13(16)6-10/h2-6,8,15,19H,7H2,1H3. The summed E-state index contributed by atoms with van der Waals surface area (Å²) in [6.45, 7) is 1.77. The van der Waals surface area contributed by atoms with Crippen molar-refractivity contribution >= 4 is 15.9 Å². The molecule has 0 spiro atoms. The van der Waals surface area contributed by atoms with Crippen molar-refractivity contribution < 1.29 is 13.9 Å². The number of rotatable bonds is 3. The number of hydrogen-bond donors (Lipinski definition) is 1. The summed E-state index contributed by atoms with van der Waals surface area (Å²) < 4.78 is 26.7. The lowest BCUT2D eigenvalue weighted by Crippen LogP contribution is -2.03. The molecule has 0 amide bonds. The highest BCUT2D eigenvalue weighted by atomic mass is 79.9. The summed E-state index contributed by atoms with van der Waals surface area (Å²) in [6, 6.07) is 9.02. The molecule has 0 aromatic heterocycles. The molecule has 1 atom stereocenters. The van der Waals surface area contributed by atoms with Gasteiger partial charge in [-0.05, 0) is 63.8 Å². The molecule has 0 fully saturated rings. The van der Waals surface area contributed by atoms with Crippen molar-refractivity contribution in [2.75, 3.05) is 0 Å². The third-order valence-corrected chi connectivity index (χ3v) is 3.47. The Labute approximate surface area is 119 Å². The van der Waals surface area contributed by atoms with Gasteiger partial charge in [-0.1, -0.05) is 12.1 Å². The molecular weight excluding hydrogens is 314 g/mol. The molecule has 1 N–H and O–H groups in total. The van der Waals surface area contributed by atoms with Gasteiger partial charge in [0.1, 0.15) is 11.6 Å². The third-order valence-electron chi connectivity index (χ3n) is 2.86. The minimum atomic E-state index is -0.813. The summed E-state index contributed by atoms with van der Waals surface area (Å²) in [5.74, 6) is -0.714. The summed E-state index contributed by atoms with van der Waals surface area (Å²) in [7, 11) is 0. The van der Waals surface area contributed by atoms with Crippen LogP contribution in [-0.4, -0.2) is 5.11 Å². The fourth-order valence-electron chi connectivity index (χ4n) is 1.96. The van der Waals surface area contributed by atoms with Crippen LogP contribution in [0.1, 0.15) is 22.8 Å². The fourth-order valence-corrected chi connectivity index (χ4v) is 2.39. The van der Waals surface area contributed by atoms with Crippen molar-refractivity contribution in [1.29, 1.82) is 0 Å². The van der Waals surface area contributed by atoms with Crippen molar-refractivity contribution in [3.05, 3.63) is 69.2 Å². The van der Waals surface area contributed by atoms with Gasteiger partial charge in [-0.15, -0.1) is 0 Å². The van der Waals surface area contributed by atoms with Gasteiger partial charge in [0.2, 0.25) is 0 Å². The zero-order valence-corrected chi connectivity index (χ0v) is 11.9. The Balaban J connectivity index is 2.20. The van der Waals surface area contributed by atoms with E-state index in [4.69, 9.17) is 0 Å². The maximum absolute atomic E-state index is 13.3. The van der Waals surface area contributed by atoms with Crippen LogP contribution in [-0.2, 0) is 6.42 Å². The maximum Gasteiger partial charge on any atom is 0.137 e. The summed E-state index contributed by atoms with van der Waals surface area (Å²) in [5.41, 5.74) is 2.06. The molecule has 0 saturated heterocycles. The van der Waals surface area contributed by atoms with Gasteiger partial charge in [0.05, 0.1) is 10.6 Å². The number of aliphatic hydroxyl groups is 1. The van der Waals surface area contributed by atoms with Crippen LogP contribution < -0.4 is 0 Å². The van der Waals surface area contributed by atoms with Gasteiger partial charge >= 0.3 is 0 Å². The number of hydrogen-bond acceptors (Lipinski definition) is 1. The molecule has 0 bridgehead atoms. The molecule has 0 heterocycles. The number of aryl methyl sites for hydroxylation is 1. The van der Waals surface area contributed by atoms with Crippen molar-refractivity contribution in [3.8, 4) is 0 Å². The van der Waals surface area contributed by atoms with Crippen LogP contribution >= 0.6 is 15.9 Å². The molecule has 0 aliphatic rings. The Bertz CT molecular complexity index is 578. The van der Waals surface area contributed by atoms with Crippen LogP contribution in [0.5, 0.6) is 0 Å². The van der Waals surface area contributed by atoms with E-state index >= 15 is 0 Å².